The molecule has 0 amide bonds. The van der Waals surface area contributed by atoms with Gasteiger partial charge in [0.05, 0.1) is 0 Å². The minimum absolute atomic E-state index is 0.150. The van der Waals surface area contributed by atoms with E-state index in [0.29, 0.717) is 11.8 Å². The number of nitrogens with one attached hydrogen (secondary N) is 1. The van der Waals surface area contributed by atoms with Gasteiger partial charge in [-0.15, -0.1) is 11.8 Å². The Morgan fingerprint density at radius 2 is 1.90 bits per heavy atom. The first kappa shape index (κ1) is 16.5. The highest BCUT2D eigenvalue weighted by molar-refractivity contribution is 9.10. The van der Waals surface area contributed by atoms with E-state index in [4.69, 9.17) is 0 Å². The van der Waals surface area contributed by atoms with Crippen LogP contribution in [0.5, 0.6) is 0 Å². The highest BCUT2D eigenvalue weighted by atomic mass is 79.9. The van der Waals surface area contributed by atoms with Gasteiger partial charge in [0.25, 0.3) is 0 Å². The van der Waals surface area contributed by atoms with E-state index in [9.17, 15) is 4.39 Å². The maximum absolute atomic E-state index is 13.7. The number of thioether (sulfide) groups is 1. The van der Waals surface area contributed by atoms with Crippen molar-refractivity contribution in [2.45, 2.75) is 30.5 Å². The molecule has 4 heteroatoms. The summed E-state index contributed by atoms with van der Waals surface area (Å²) in [6, 6.07) is 13.9. The van der Waals surface area contributed by atoms with E-state index in [-0.39, 0.29) is 5.82 Å². The number of rotatable bonds is 6. The molecule has 21 heavy (non-hydrogen) atoms. The van der Waals surface area contributed by atoms with Gasteiger partial charge >= 0.3 is 0 Å². The fourth-order valence-electron chi connectivity index (χ4n) is 2.09. The maximum Gasteiger partial charge on any atom is 0.127 e. The second-order valence-electron chi connectivity index (χ2n) is 4.87. The van der Waals surface area contributed by atoms with Crippen LogP contribution in [0.3, 0.4) is 0 Å². The molecule has 1 N–H and O–H groups in total. The van der Waals surface area contributed by atoms with E-state index >= 15 is 0 Å². The van der Waals surface area contributed by atoms with Crippen molar-refractivity contribution in [3.63, 3.8) is 0 Å². The molecular formula is C17H19BrFNS. The van der Waals surface area contributed by atoms with Crippen molar-refractivity contribution in [1.82, 2.24) is 5.32 Å². The summed E-state index contributed by atoms with van der Waals surface area (Å²) in [5.41, 5.74) is 1.99. The topological polar surface area (TPSA) is 12.0 Å². The second-order valence-corrected chi connectivity index (χ2v) is 6.84. The first-order valence-corrected chi connectivity index (χ1v) is 8.78. The zero-order chi connectivity index (χ0) is 15.2. The molecule has 0 saturated carbocycles. The zero-order valence-electron chi connectivity index (χ0n) is 12.2. The zero-order valence-corrected chi connectivity index (χ0v) is 14.6. The van der Waals surface area contributed by atoms with Crippen molar-refractivity contribution in [1.29, 1.82) is 0 Å². The Balaban J connectivity index is 1.99. The lowest BCUT2D eigenvalue weighted by molar-refractivity contribution is 0.598. The fraction of sp³-hybridized carbons (Fsp3) is 0.294. The van der Waals surface area contributed by atoms with Crippen LogP contribution in [-0.2, 0) is 5.75 Å². The van der Waals surface area contributed by atoms with Crippen molar-refractivity contribution in [3.8, 4) is 0 Å². The van der Waals surface area contributed by atoms with Crippen molar-refractivity contribution >= 4 is 27.7 Å². The lowest BCUT2D eigenvalue weighted by atomic mass is 10.1. The molecule has 0 bridgehead atoms. The van der Waals surface area contributed by atoms with Crippen molar-refractivity contribution < 1.29 is 4.39 Å². The second kappa shape index (κ2) is 7.97. The largest absolute Gasteiger partial charge is 0.310 e. The lowest BCUT2D eigenvalue weighted by Crippen LogP contribution is -2.17. The Morgan fingerprint density at radius 3 is 2.57 bits per heavy atom. The Bertz CT molecular complexity index is 586. The molecule has 0 spiro atoms. The van der Waals surface area contributed by atoms with Gasteiger partial charge in [-0.05, 0) is 54.9 Å². The third-order valence-corrected chi connectivity index (χ3v) is 4.85. The number of hydrogen-bond acceptors (Lipinski definition) is 2. The number of hydrogen-bond donors (Lipinski definition) is 1. The molecule has 0 saturated heterocycles. The summed E-state index contributed by atoms with van der Waals surface area (Å²) in [6.45, 7) is 5.22. The average molecular weight is 368 g/mol. The van der Waals surface area contributed by atoms with Gasteiger partial charge in [0.2, 0.25) is 0 Å². The Morgan fingerprint density at radius 1 is 1.19 bits per heavy atom. The molecule has 0 fully saturated rings. The molecule has 0 aromatic heterocycles. The molecule has 0 aliphatic rings. The third-order valence-electron chi connectivity index (χ3n) is 3.29. The summed E-state index contributed by atoms with van der Waals surface area (Å²) in [4.78, 5) is 1.15. The van der Waals surface area contributed by atoms with Gasteiger partial charge in [0.1, 0.15) is 5.82 Å². The molecule has 1 unspecified atom stereocenters. The fourth-order valence-corrected chi connectivity index (χ4v) is 3.37. The van der Waals surface area contributed by atoms with E-state index in [0.717, 1.165) is 21.5 Å². The molecule has 1 atom stereocenters. The van der Waals surface area contributed by atoms with Crippen molar-refractivity contribution in [3.05, 3.63) is 63.9 Å². The quantitative estimate of drug-likeness (QED) is 0.671. The standard InChI is InChI=1S/C17H19BrFNS/c1-3-20-12(2)13-4-7-16(8-5-13)21-11-14-10-15(18)6-9-17(14)19/h4-10,12,20H,3,11H2,1-2H3. The van der Waals surface area contributed by atoms with Gasteiger partial charge in [0, 0.05) is 21.2 Å². The van der Waals surface area contributed by atoms with E-state index in [1.165, 1.54) is 11.6 Å². The van der Waals surface area contributed by atoms with Crippen LogP contribution in [0.15, 0.2) is 51.8 Å². The number of benzene rings is 2. The third kappa shape index (κ3) is 4.83. The molecule has 1 nitrogen and oxygen atoms in total. The van der Waals surface area contributed by atoms with Crippen LogP contribution < -0.4 is 5.32 Å². The van der Waals surface area contributed by atoms with Crippen LogP contribution >= 0.6 is 27.7 Å². The van der Waals surface area contributed by atoms with Crippen molar-refractivity contribution in [2.24, 2.45) is 0 Å². The molecule has 0 aliphatic carbocycles. The summed E-state index contributed by atoms with van der Waals surface area (Å²) < 4.78 is 14.6. The first-order chi connectivity index (χ1) is 10.1. The normalized spacial score (nSPS) is 12.4. The minimum atomic E-state index is -0.150. The molecule has 2 aromatic rings. The average Bonchev–Trinajstić information content (AvgIpc) is 2.49. The number of halogens is 2. The van der Waals surface area contributed by atoms with Gasteiger partial charge in [0.15, 0.2) is 0 Å². The molecule has 0 heterocycles. The van der Waals surface area contributed by atoms with E-state index in [1.807, 2.05) is 6.07 Å². The van der Waals surface area contributed by atoms with Crippen LogP contribution in [0.2, 0.25) is 0 Å². The van der Waals surface area contributed by atoms with Crippen molar-refractivity contribution in [2.75, 3.05) is 6.54 Å². The van der Waals surface area contributed by atoms with Crippen LogP contribution in [0.1, 0.15) is 31.0 Å². The summed E-state index contributed by atoms with van der Waals surface area (Å²) in [6.07, 6.45) is 0. The molecule has 2 aromatic carbocycles. The van der Waals surface area contributed by atoms with Gasteiger partial charge in [-0.1, -0.05) is 35.0 Å². The summed E-state index contributed by atoms with van der Waals surface area (Å²) in [7, 11) is 0. The molecule has 0 radical (unpaired) electrons. The lowest BCUT2D eigenvalue weighted by Gasteiger charge is -2.13. The highest BCUT2D eigenvalue weighted by Gasteiger charge is 2.06. The molecule has 112 valence electrons. The summed E-state index contributed by atoms with van der Waals surface area (Å²) in [5.74, 6) is 0.482. The summed E-state index contributed by atoms with van der Waals surface area (Å²) in [5, 5.41) is 3.39. The van der Waals surface area contributed by atoms with Gasteiger partial charge in [-0.3, -0.25) is 0 Å². The van der Waals surface area contributed by atoms with Gasteiger partial charge < -0.3 is 5.32 Å². The van der Waals surface area contributed by atoms with Crippen LogP contribution in [0, 0.1) is 5.82 Å². The van der Waals surface area contributed by atoms with E-state index < -0.39 is 0 Å². The monoisotopic (exact) mass is 367 g/mol. The Labute approximate surface area is 138 Å². The SMILES string of the molecule is CCNC(C)c1ccc(SCc2cc(Br)ccc2F)cc1. The van der Waals surface area contributed by atoms with Gasteiger partial charge in [-0.25, -0.2) is 4.39 Å². The predicted molar refractivity (Wildman–Crippen MR) is 92.2 cm³/mol. The molecule has 0 aliphatic heterocycles. The van der Waals surface area contributed by atoms with E-state index in [1.54, 1.807) is 17.8 Å². The Hall–Kier alpha value is -0.840. The van der Waals surface area contributed by atoms with Crippen LogP contribution in [0.4, 0.5) is 4.39 Å². The van der Waals surface area contributed by atoms with Crippen LogP contribution in [-0.4, -0.2) is 6.54 Å². The highest BCUT2D eigenvalue weighted by Crippen LogP contribution is 2.27. The van der Waals surface area contributed by atoms with Gasteiger partial charge in [-0.2, -0.15) is 0 Å². The molecule has 2 rings (SSSR count). The maximum atomic E-state index is 13.7. The van der Waals surface area contributed by atoms with Crippen LogP contribution in [0.25, 0.3) is 0 Å². The summed E-state index contributed by atoms with van der Waals surface area (Å²) >= 11 is 5.03. The Kier molecular flexibility index (Phi) is 6.27. The molecular weight excluding hydrogens is 349 g/mol. The first-order valence-electron chi connectivity index (χ1n) is 7.00. The minimum Gasteiger partial charge on any atom is -0.310 e. The predicted octanol–water partition coefficient (Wildman–Crippen LogP) is 5.55. The van der Waals surface area contributed by atoms with E-state index in [2.05, 4.69) is 59.4 Å². The smallest absolute Gasteiger partial charge is 0.127 e.